The van der Waals surface area contributed by atoms with E-state index in [0.717, 1.165) is 32.4 Å². The van der Waals surface area contributed by atoms with E-state index in [4.69, 9.17) is 5.73 Å². The molecule has 5 rings (SSSR count). The standard InChI is InChI=1S/C25H20N4O2S2/c1-16-7-6-8-17(13-16)28-22(26)14-23(30)27-25(28)32-15-24(31)29-18-9-2-4-11-20(18)33-21-12-5-3-10-19(21)29/h2-14H,15,26H2,1H3. The molecule has 33 heavy (non-hydrogen) atoms. The number of amides is 1. The van der Waals surface area contributed by atoms with Gasteiger partial charge in [0.05, 0.1) is 17.1 Å². The van der Waals surface area contributed by atoms with Gasteiger partial charge >= 0.3 is 0 Å². The van der Waals surface area contributed by atoms with Crippen LogP contribution < -0.4 is 16.2 Å². The van der Waals surface area contributed by atoms with Crippen molar-refractivity contribution in [2.24, 2.45) is 0 Å². The van der Waals surface area contributed by atoms with Crippen molar-refractivity contribution in [1.82, 2.24) is 9.55 Å². The molecule has 8 heteroatoms. The van der Waals surface area contributed by atoms with Crippen LogP contribution >= 0.6 is 23.5 Å². The first-order valence-corrected chi connectivity index (χ1v) is 12.1. The van der Waals surface area contributed by atoms with Crippen molar-refractivity contribution >= 4 is 46.6 Å². The fourth-order valence-electron chi connectivity index (χ4n) is 3.77. The highest BCUT2D eigenvalue weighted by Crippen LogP contribution is 2.48. The van der Waals surface area contributed by atoms with Gasteiger partial charge in [-0.2, -0.15) is 4.98 Å². The van der Waals surface area contributed by atoms with Crippen LogP contribution in [0.2, 0.25) is 0 Å². The van der Waals surface area contributed by atoms with Gasteiger partial charge in [-0.05, 0) is 48.9 Å². The van der Waals surface area contributed by atoms with Crippen LogP contribution in [0.25, 0.3) is 5.69 Å². The minimum absolute atomic E-state index is 0.0923. The highest BCUT2D eigenvalue weighted by molar-refractivity contribution is 8.00. The Morgan fingerprint density at radius 3 is 2.30 bits per heavy atom. The summed E-state index contributed by atoms with van der Waals surface area (Å²) in [4.78, 5) is 33.6. The van der Waals surface area contributed by atoms with Crippen LogP contribution in [0.5, 0.6) is 0 Å². The predicted octanol–water partition coefficient (Wildman–Crippen LogP) is 5.04. The Bertz CT molecular complexity index is 1390. The summed E-state index contributed by atoms with van der Waals surface area (Å²) in [7, 11) is 0. The molecule has 0 spiro atoms. The van der Waals surface area contributed by atoms with E-state index in [2.05, 4.69) is 4.98 Å². The molecule has 0 fully saturated rings. The van der Waals surface area contributed by atoms with Gasteiger partial charge in [0, 0.05) is 21.5 Å². The average molecular weight is 473 g/mol. The summed E-state index contributed by atoms with van der Waals surface area (Å²) in [6.07, 6.45) is 0. The van der Waals surface area contributed by atoms with Gasteiger partial charge in [0.1, 0.15) is 5.82 Å². The van der Waals surface area contributed by atoms with Gasteiger partial charge in [-0.3, -0.25) is 19.1 Å². The number of hydrogen-bond acceptors (Lipinski definition) is 6. The van der Waals surface area contributed by atoms with Gasteiger partial charge in [0.15, 0.2) is 5.16 Å². The SMILES string of the molecule is Cc1cccc(-n2c(N)cc(=O)nc2SCC(=O)N2c3ccccc3Sc3ccccc32)c1. The van der Waals surface area contributed by atoms with Crippen LogP contribution in [-0.4, -0.2) is 21.2 Å². The Hall–Kier alpha value is -3.49. The normalized spacial score (nSPS) is 12.2. The number of rotatable bonds is 4. The molecule has 1 aliphatic rings. The molecule has 1 aromatic heterocycles. The average Bonchev–Trinajstić information content (AvgIpc) is 2.80. The second-order valence-electron chi connectivity index (χ2n) is 7.53. The number of aromatic nitrogens is 2. The summed E-state index contributed by atoms with van der Waals surface area (Å²) in [5.41, 5.74) is 9.30. The lowest BCUT2D eigenvalue weighted by molar-refractivity contribution is -0.115. The molecular weight excluding hydrogens is 452 g/mol. The maximum Gasteiger partial charge on any atom is 0.275 e. The molecule has 164 valence electrons. The molecule has 0 saturated heterocycles. The number of anilines is 3. The van der Waals surface area contributed by atoms with Gasteiger partial charge in [0.2, 0.25) is 5.91 Å². The maximum atomic E-state index is 13.5. The third-order valence-electron chi connectivity index (χ3n) is 5.19. The summed E-state index contributed by atoms with van der Waals surface area (Å²) in [6, 6.07) is 24.8. The first-order valence-electron chi connectivity index (χ1n) is 10.3. The summed E-state index contributed by atoms with van der Waals surface area (Å²) < 4.78 is 1.71. The fraction of sp³-hybridized carbons (Fsp3) is 0.0800. The molecule has 0 unspecified atom stereocenters. The molecular formula is C25H20N4O2S2. The van der Waals surface area contributed by atoms with E-state index in [9.17, 15) is 9.59 Å². The van der Waals surface area contributed by atoms with E-state index < -0.39 is 5.56 Å². The quantitative estimate of drug-likeness (QED) is 0.331. The zero-order valence-electron chi connectivity index (χ0n) is 17.8. The molecule has 0 radical (unpaired) electrons. The van der Waals surface area contributed by atoms with Crippen molar-refractivity contribution in [3.63, 3.8) is 0 Å². The van der Waals surface area contributed by atoms with Crippen molar-refractivity contribution in [3.8, 4) is 5.69 Å². The lowest BCUT2D eigenvalue weighted by atomic mass is 10.2. The van der Waals surface area contributed by atoms with E-state index in [1.54, 1.807) is 21.2 Å². The van der Waals surface area contributed by atoms with E-state index in [0.29, 0.717) is 5.16 Å². The molecule has 0 atom stereocenters. The number of para-hydroxylation sites is 2. The Labute approximate surface area is 199 Å². The van der Waals surface area contributed by atoms with Crippen LogP contribution in [0.3, 0.4) is 0 Å². The summed E-state index contributed by atoms with van der Waals surface area (Å²) >= 11 is 2.85. The zero-order chi connectivity index (χ0) is 22.9. The maximum absolute atomic E-state index is 13.5. The topological polar surface area (TPSA) is 81.2 Å². The van der Waals surface area contributed by atoms with Crippen molar-refractivity contribution in [2.45, 2.75) is 21.9 Å². The summed E-state index contributed by atoms with van der Waals surface area (Å²) in [6.45, 7) is 1.98. The summed E-state index contributed by atoms with van der Waals surface area (Å²) in [5.74, 6) is 0.267. The first kappa shape index (κ1) is 21.4. The highest BCUT2D eigenvalue weighted by atomic mass is 32.2. The number of benzene rings is 3. The predicted molar refractivity (Wildman–Crippen MR) is 134 cm³/mol. The zero-order valence-corrected chi connectivity index (χ0v) is 19.4. The number of carbonyl (C=O) groups excluding carboxylic acids is 1. The minimum atomic E-state index is -0.434. The van der Waals surface area contributed by atoms with Crippen molar-refractivity contribution in [2.75, 3.05) is 16.4 Å². The lowest BCUT2D eigenvalue weighted by Crippen LogP contribution is -2.30. The Morgan fingerprint density at radius 2 is 1.64 bits per heavy atom. The van der Waals surface area contributed by atoms with Gasteiger partial charge in [0.25, 0.3) is 5.56 Å². The number of nitrogens with two attached hydrogens (primary N) is 1. The molecule has 6 nitrogen and oxygen atoms in total. The van der Waals surface area contributed by atoms with Crippen molar-refractivity contribution in [1.29, 1.82) is 0 Å². The molecule has 4 aromatic rings. The van der Waals surface area contributed by atoms with E-state index in [1.807, 2.05) is 79.7 Å². The lowest BCUT2D eigenvalue weighted by Gasteiger charge is -2.31. The van der Waals surface area contributed by atoms with Gasteiger partial charge in [-0.15, -0.1) is 0 Å². The third kappa shape index (κ3) is 4.15. The fourth-order valence-corrected chi connectivity index (χ4v) is 5.70. The number of carbonyl (C=O) groups is 1. The van der Waals surface area contributed by atoms with Crippen LogP contribution in [0, 0.1) is 6.92 Å². The van der Waals surface area contributed by atoms with Crippen LogP contribution in [-0.2, 0) is 4.79 Å². The number of fused-ring (bicyclic) bond motifs is 2. The molecule has 2 heterocycles. The van der Waals surface area contributed by atoms with Crippen molar-refractivity contribution in [3.05, 3.63) is 94.8 Å². The molecule has 1 aliphatic heterocycles. The first-order chi connectivity index (χ1) is 16.0. The monoisotopic (exact) mass is 472 g/mol. The number of aryl methyl sites for hydroxylation is 1. The largest absolute Gasteiger partial charge is 0.385 e. The second-order valence-corrected chi connectivity index (χ2v) is 9.56. The number of nitrogens with zero attached hydrogens (tertiary/aromatic N) is 3. The Balaban J connectivity index is 1.49. The number of nitrogen functional groups attached to an aromatic ring is 1. The highest BCUT2D eigenvalue weighted by Gasteiger charge is 2.28. The molecule has 2 N–H and O–H groups in total. The second kappa shape index (κ2) is 8.80. The molecule has 0 aliphatic carbocycles. The molecule has 1 amide bonds. The van der Waals surface area contributed by atoms with Gasteiger partial charge in [-0.25, -0.2) is 0 Å². The van der Waals surface area contributed by atoms with E-state index in [1.165, 1.54) is 17.8 Å². The van der Waals surface area contributed by atoms with Gasteiger partial charge in [-0.1, -0.05) is 59.9 Å². The van der Waals surface area contributed by atoms with Crippen LogP contribution in [0.4, 0.5) is 17.2 Å². The molecule has 3 aromatic carbocycles. The van der Waals surface area contributed by atoms with E-state index in [-0.39, 0.29) is 17.5 Å². The molecule has 0 bridgehead atoms. The number of thioether (sulfide) groups is 1. The number of hydrogen-bond donors (Lipinski definition) is 1. The molecule has 0 saturated carbocycles. The summed E-state index contributed by atoms with van der Waals surface area (Å²) in [5, 5.41) is 0.381. The van der Waals surface area contributed by atoms with Gasteiger partial charge < -0.3 is 5.73 Å². The minimum Gasteiger partial charge on any atom is -0.385 e. The van der Waals surface area contributed by atoms with Crippen LogP contribution in [0.1, 0.15) is 5.56 Å². The Kier molecular flexibility index (Phi) is 5.70. The van der Waals surface area contributed by atoms with E-state index >= 15 is 0 Å². The van der Waals surface area contributed by atoms with Crippen LogP contribution in [0.15, 0.2) is 98.6 Å². The van der Waals surface area contributed by atoms with Crippen molar-refractivity contribution < 1.29 is 4.79 Å². The smallest absolute Gasteiger partial charge is 0.275 e. The third-order valence-corrected chi connectivity index (χ3v) is 7.25. The Morgan fingerprint density at radius 1 is 0.970 bits per heavy atom.